The maximum absolute atomic E-state index is 6.31. The summed E-state index contributed by atoms with van der Waals surface area (Å²) in [6, 6.07) is 1.28. The van der Waals surface area contributed by atoms with Crippen LogP contribution in [0.15, 0.2) is 0 Å². The predicted molar refractivity (Wildman–Crippen MR) is 217 cm³/mol. The lowest BCUT2D eigenvalue weighted by atomic mass is 10.1. The van der Waals surface area contributed by atoms with E-state index in [1.54, 1.807) is 0 Å². The van der Waals surface area contributed by atoms with Crippen molar-refractivity contribution in [2.24, 2.45) is 0 Å². The van der Waals surface area contributed by atoms with Crippen molar-refractivity contribution >= 4 is 22.4 Å². The Balaban J connectivity index is 3.85. The van der Waals surface area contributed by atoms with Gasteiger partial charge in [-0.05, 0) is 49.8 Å². The summed E-state index contributed by atoms with van der Waals surface area (Å²) in [6.45, 7) is 9.54. The third kappa shape index (κ3) is 42.5. The highest BCUT2D eigenvalue weighted by Crippen LogP contribution is 2.17. The average molecular weight is 701 g/mol. The summed E-state index contributed by atoms with van der Waals surface area (Å²) >= 11 is 4.45. The molecule has 0 aliphatic carbocycles. The molecule has 0 aromatic carbocycles. The van der Waals surface area contributed by atoms with Gasteiger partial charge in [0.05, 0.1) is 0 Å². The number of unbranched alkanes of at least 4 members (excludes halogenated alkanes) is 28. The largest absolute Gasteiger partial charge is 0.424 e. The van der Waals surface area contributed by atoms with Crippen LogP contribution in [0.3, 0.4) is 0 Å². The quantitative estimate of drug-likeness (QED) is 0.0297. The van der Waals surface area contributed by atoms with Crippen molar-refractivity contribution in [3.05, 3.63) is 0 Å². The van der Waals surface area contributed by atoms with Crippen LogP contribution in [-0.2, 0) is 13.9 Å². The van der Waals surface area contributed by atoms with Gasteiger partial charge in [0.1, 0.15) is 0 Å². The van der Waals surface area contributed by atoms with E-state index in [4.69, 9.17) is 13.9 Å². The van der Waals surface area contributed by atoms with Crippen molar-refractivity contribution in [2.75, 3.05) is 19.8 Å². The first kappa shape index (κ1) is 47.4. The fraction of sp³-hybridized carbons (Fsp3) is 1.00. The fourth-order valence-electron chi connectivity index (χ4n) is 6.51. The van der Waals surface area contributed by atoms with Gasteiger partial charge in [0, 0.05) is 19.8 Å². The summed E-state index contributed by atoms with van der Waals surface area (Å²) in [6.07, 6.45) is 44.8. The zero-order valence-corrected chi connectivity index (χ0v) is 35.0. The van der Waals surface area contributed by atoms with Crippen LogP contribution >= 0.6 is 12.6 Å². The first-order valence-electron chi connectivity index (χ1n) is 21.7. The lowest BCUT2D eigenvalue weighted by Crippen LogP contribution is -2.19. The molecule has 1 atom stereocenters. The van der Waals surface area contributed by atoms with Crippen LogP contribution in [0.2, 0.25) is 6.04 Å². The van der Waals surface area contributed by atoms with Gasteiger partial charge in [-0.2, -0.15) is 12.6 Å². The molecule has 0 aromatic rings. The van der Waals surface area contributed by atoms with E-state index in [9.17, 15) is 0 Å². The molecule has 0 aliphatic rings. The molecule has 284 valence electrons. The Morgan fingerprint density at radius 3 is 1.09 bits per heavy atom. The minimum atomic E-state index is -0.282. The van der Waals surface area contributed by atoms with Crippen LogP contribution in [0.25, 0.3) is 0 Å². The SMILES string of the molecule is CCCCCCCCCCCCOC(CCCCCCCCCCCCCO[SiH2]CCC(C)S)OCCCCCCCCCCCC. The Kier molecular flexibility index (Phi) is 43.0. The first-order chi connectivity index (χ1) is 23.2. The Bertz CT molecular complexity index is 524. The molecule has 3 nitrogen and oxygen atoms in total. The monoisotopic (exact) mass is 701 g/mol. The number of ether oxygens (including phenoxy) is 2. The molecule has 1 unspecified atom stereocenters. The van der Waals surface area contributed by atoms with Crippen LogP contribution in [0.1, 0.15) is 233 Å². The highest BCUT2D eigenvalue weighted by Gasteiger charge is 2.09. The van der Waals surface area contributed by atoms with Crippen molar-refractivity contribution in [2.45, 2.75) is 250 Å². The molecule has 0 saturated carbocycles. The zero-order valence-electron chi connectivity index (χ0n) is 32.7. The molecule has 0 radical (unpaired) electrons. The Labute approximate surface area is 305 Å². The van der Waals surface area contributed by atoms with Gasteiger partial charge < -0.3 is 13.9 Å². The van der Waals surface area contributed by atoms with E-state index in [-0.39, 0.29) is 16.1 Å². The summed E-state index contributed by atoms with van der Waals surface area (Å²) < 4.78 is 18.5. The van der Waals surface area contributed by atoms with Gasteiger partial charge >= 0.3 is 0 Å². The van der Waals surface area contributed by atoms with E-state index >= 15 is 0 Å². The molecule has 0 aliphatic heterocycles. The van der Waals surface area contributed by atoms with Gasteiger partial charge in [-0.15, -0.1) is 0 Å². The van der Waals surface area contributed by atoms with E-state index in [0.717, 1.165) is 26.2 Å². The van der Waals surface area contributed by atoms with Crippen LogP contribution in [0.5, 0.6) is 0 Å². The molecule has 0 bridgehead atoms. The number of hydrogen-bond acceptors (Lipinski definition) is 4. The Morgan fingerprint density at radius 2 is 0.723 bits per heavy atom. The maximum Gasteiger partial charge on any atom is 0.161 e. The van der Waals surface area contributed by atoms with E-state index in [0.29, 0.717) is 5.25 Å². The van der Waals surface area contributed by atoms with Gasteiger partial charge in [0.2, 0.25) is 0 Å². The normalized spacial score (nSPS) is 12.7. The molecule has 0 spiro atoms. The van der Waals surface area contributed by atoms with Crippen molar-refractivity contribution in [3.8, 4) is 0 Å². The highest BCUT2D eigenvalue weighted by atomic mass is 32.1. The predicted octanol–water partition coefficient (Wildman–Crippen LogP) is 14.1. The van der Waals surface area contributed by atoms with Crippen molar-refractivity contribution in [1.82, 2.24) is 0 Å². The maximum atomic E-state index is 6.31. The summed E-state index contributed by atoms with van der Waals surface area (Å²) in [4.78, 5) is 0. The van der Waals surface area contributed by atoms with Crippen LogP contribution in [-0.4, -0.2) is 41.1 Å². The lowest BCUT2D eigenvalue weighted by molar-refractivity contribution is -0.148. The molecular weight excluding hydrogens is 613 g/mol. The third-order valence-corrected chi connectivity index (χ3v) is 11.3. The summed E-state index contributed by atoms with van der Waals surface area (Å²) in [7, 11) is -0.282. The molecule has 0 N–H and O–H groups in total. The summed E-state index contributed by atoms with van der Waals surface area (Å²) in [5.74, 6) is 0. The highest BCUT2D eigenvalue weighted by molar-refractivity contribution is 7.80. The first-order valence-corrected chi connectivity index (χ1v) is 23.8. The Morgan fingerprint density at radius 1 is 0.404 bits per heavy atom. The minimum Gasteiger partial charge on any atom is -0.424 e. The molecule has 47 heavy (non-hydrogen) atoms. The molecule has 0 heterocycles. The minimum absolute atomic E-state index is 0.0246. The standard InChI is InChI=1S/C42H88O3SSi/c1-4-6-8-10-12-14-20-24-28-32-37-43-42(44-38-33-29-25-21-15-13-11-9-7-5-2)35-31-27-23-19-17-16-18-22-26-30-34-39-45-47-40-36-41(3)46/h41-42,46H,4-40,47H2,1-3H3. The molecule has 0 rings (SSSR count). The second kappa shape index (κ2) is 42.6. The summed E-state index contributed by atoms with van der Waals surface area (Å²) in [5.41, 5.74) is 0. The number of thiol groups is 1. The van der Waals surface area contributed by atoms with Gasteiger partial charge in [-0.3, -0.25) is 0 Å². The molecule has 0 amide bonds. The topological polar surface area (TPSA) is 27.7 Å². The van der Waals surface area contributed by atoms with Crippen molar-refractivity contribution in [1.29, 1.82) is 0 Å². The molecule has 0 aromatic heterocycles. The number of rotatable bonds is 42. The molecule has 0 fully saturated rings. The second-order valence-electron chi connectivity index (χ2n) is 14.8. The van der Waals surface area contributed by atoms with Crippen LogP contribution in [0.4, 0.5) is 0 Å². The lowest BCUT2D eigenvalue weighted by Gasteiger charge is -2.19. The van der Waals surface area contributed by atoms with Crippen LogP contribution in [0, 0.1) is 0 Å². The van der Waals surface area contributed by atoms with Gasteiger partial charge in [-0.25, -0.2) is 0 Å². The molecular formula is C42H88O3SSi. The molecule has 0 saturated heterocycles. The van der Waals surface area contributed by atoms with Crippen molar-refractivity contribution in [3.63, 3.8) is 0 Å². The van der Waals surface area contributed by atoms with Gasteiger partial charge in [0.25, 0.3) is 0 Å². The average Bonchev–Trinajstić information content (AvgIpc) is 3.06. The smallest absolute Gasteiger partial charge is 0.161 e. The number of hydrogen-bond donors (Lipinski definition) is 1. The zero-order chi connectivity index (χ0) is 34.1. The van der Waals surface area contributed by atoms with Crippen LogP contribution < -0.4 is 0 Å². The van der Waals surface area contributed by atoms with Gasteiger partial charge in [0.15, 0.2) is 16.1 Å². The van der Waals surface area contributed by atoms with E-state index in [1.165, 1.54) is 212 Å². The summed E-state index contributed by atoms with van der Waals surface area (Å²) in [5, 5.41) is 0.533. The third-order valence-electron chi connectivity index (χ3n) is 9.74. The van der Waals surface area contributed by atoms with E-state index < -0.39 is 0 Å². The Hall–Kier alpha value is 0.447. The van der Waals surface area contributed by atoms with Gasteiger partial charge in [-0.1, -0.05) is 194 Å². The fourth-order valence-corrected chi connectivity index (χ4v) is 8.43. The van der Waals surface area contributed by atoms with E-state index in [1.807, 2.05) is 0 Å². The molecule has 5 heteroatoms. The van der Waals surface area contributed by atoms with E-state index in [2.05, 4.69) is 33.4 Å². The van der Waals surface area contributed by atoms with Crippen molar-refractivity contribution < 1.29 is 13.9 Å². The second-order valence-corrected chi connectivity index (χ2v) is 17.2.